The Labute approximate surface area is 129 Å². The largest absolute Gasteiger partial charge is 0.416 e. The number of carbonyl (C=O) groups is 2. The Morgan fingerprint density at radius 2 is 1.96 bits per heavy atom. The van der Waals surface area contributed by atoms with Crippen molar-refractivity contribution in [2.75, 3.05) is 7.05 Å². The van der Waals surface area contributed by atoms with Gasteiger partial charge in [-0.2, -0.15) is 18.4 Å². The number of halogens is 3. The second kappa shape index (κ2) is 5.76. The van der Waals surface area contributed by atoms with Crippen LogP contribution < -0.4 is 5.32 Å². The summed E-state index contributed by atoms with van der Waals surface area (Å²) in [4.78, 5) is 23.9. The van der Waals surface area contributed by atoms with E-state index in [0.717, 1.165) is 12.1 Å². The van der Waals surface area contributed by atoms with E-state index >= 15 is 0 Å². The van der Waals surface area contributed by atoms with Crippen LogP contribution in [0.1, 0.15) is 16.1 Å². The molecule has 23 heavy (non-hydrogen) atoms. The molecule has 1 amide bonds. The van der Waals surface area contributed by atoms with E-state index in [1.807, 2.05) is 0 Å². The second-order valence-electron chi connectivity index (χ2n) is 4.90. The van der Waals surface area contributed by atoms with Crippen molar-refractivity contribution in [1.29, 1.82) is 5.26 Å². The van der Waals surface area contributed by atoms with Crippen LogP contribution in [0, 0.1) is 17.2 Å². The van der Waals surface area contributed by atoms with Gasteiger partial charge in [-0.15, -0.1) is 0 Å². The Bertz CT molecular complexity index is 831. The zero-order valence-corrected chi connectivity index (χ0v) is 12.2. The summed E-state index contributed by atoms with van der Waals surface area (Å²) in [6, 6.07) is 5.94. The Hall–Kier alpha value is -2.82. The van der Waals surface area contributed by atoms with Crippen LogP contribution in [0.15, 0.2) is 24.3 Å². The normalized spacial score (nSPS) is 12.7. The third-order valence-corrected chi connectivity index (χ3v) is 3.52. The second-order valence-corrected chi connectivity index (χ2v) is 4.90. The highest BCUT2D eigenvalue weighted by Crippen LogP contribution is 2.32. The van der Waals surface area contributed by atoms with E-state index in [9.17, 15) is 22.8 Å². The van der Waals surface area contributed by atoms with Gasteiger partial charge in [0.05, 0.1) is 17.3 Å². The van der Waals surface area contributed by atoms with Gasteiger partial charge in [0.15, 0.2) is 5.92 Å². The standard InChI is InChI=1S/C15H12F3N3O2/c1-20-14(23)10(7-19)13(22)12-6-8-5-9(15(16,17)18)3-4-11(8)21(12)2/h3-6,10H,1-2H3,(H,20,23)/t10-/m1/s1. The van der Waals surface area contributed by atoms with E-state index in [-0.39, 0.29) is 11.1 Å². The number of carbonyl (C=O) groups excluding carboxylic acids is 2. The van der Waals surface area contributed by atoms with E-state index in [2.05, 4.69) is 5.32 Å². The van der Waals surface area contributed by atoms with E-state index in [1.165, 1.54) is 30.8 Å². The van der Waals surface area contributed by atoms with Crippen molar-refractivity contribution < 1.29 is 22.8 Å². The number of fused-ring (bicyclic) bond motifs is 1. The Kier molecular flexibility index (Phi) is 4.14. The quantitative estimate of drug-likeness (QED) is 0.695. The molecule has 1 aromatic carbocycles. The minimum Gasteiger partial charge on any atom is -0.358 e. The van der Waals surface area contributed by atoms with Crippen molar-refractivity contribution in [1.82, 2.24) is 9.88 Å². The SMILES string of the molecule is CNC(=O)[C@H](C#N)C(=O)c1cc2cc(C(F)(F)F)ccc2n1C. The van der Waals surface area contributed by atoms with Gasteiger partial charge in [0.1, 0.15) is 0 Å². The summed E-state index contributed by atoms with van der Waals surface area (Å²) < 4.78 is 39.6. The van der Waals surface area contributed by atoms with E-state index < -0.39 is 29.3 Å². The average Bonchev–Trinajstić information content (AvgIpc) is 2.83. The smallest absolute Gasteiger partial charge is 0.358 e. The number of hydrogen-bond acceptors (Lipinski definition) is 3. The number of nitrogens with one attached hydrogen (secondary N) is 1. The third kappa shape index (κ3) is 2.90. The fourth-order valence-electron chi connectivity index (χ4n) is 2.29. The monoisotopic (exact) mass is 323 g/mol. The first kappa shape index (κ1) is 16.5. The molecule has 2 aromatic rings. The molecule has 0 saturated carbocycles. The number of benzene rings is 1. The topological polar surface area (TPSA) is 74.9 Å². The van der Waals surface area contributed by atoms with Crippen LogP contribution >= 0.6 is 0 Å². The zero-order chi connectivity index (χ0) is 17.4. The predicted octanol–water partition coefficient (Wildman–Crippen LogP) is 2.27. The Balaban J connectivity index is 2.54. The highest BCUT2D eigenvalue weighted by Gasteiger charge is 2.32. The van der Waals surface area contributed by atoms with Gasteiger partial charge in [0.25, 0.3) is 0 Å². The molecule has 8 heteroatoms. The fourth-order valence-corrected chi connectivity index (χ4v) is 2.29. The van der Waals surface area contributed by atoms with Gasteiger partial charge in [0, 0.05) is 25.0 Å². The fraction of sp³-hybridized carbons (Fsp3) is 0.267. The third-order valence-electron chi connectivity index (χ3n) is 3.52. The summed E-state index contributed by atoms with van der Waals surface area (Å²) in [6.07, 6.45) is -4.49. The van der Waals surface area contributed by atoms with Crippen LogP contribution in [0.25, 0.3) is 10.9 Å². The lowest BCUT2D eigenvalue weighted by molar-refractivity contribution is -0.137. The van der Waals surface area contributed by atoms with Crippen LogP contribution in [-0.2, 0) is 18.0 Å². The molecule has 1 aromatic heterocycles. The molecule has 5 nitrogen and oxygen atoms in total. The van der Waals surface area contributed by atoms with E-state index in [1.54, 1.807) is 6.07 Å². The number of rotatable bonds is 3. The van der Waals surface area contributed by atoms with Gasteiger partial charge in [-0.1, -0.05) is 0 Å². The number of aromatic nitrogens is 1. The van der Waals surface area contributed by atoms with Gasteiger partial charge in [-0.3, -0.25) is 9.59 Å². The van der Waals surface area contributed by atoms with Gasteiger partial charge in [0.2, 0.25) is 11.7 Å². The molecular formula is C15H12F3N3O2. The highest BCUT2D eigenvalue weighted by molar-refractivity contribution is 6.13. The van der Waals surface area contributed by atoms with Crippen LogP contribution in [-0.4, -0.2) is 23.3 Å². The summed E-state index contributed by atoms with van der Waals surface area (Å²) in [7, 11) is 2.78. The minimum absolute atomic E-state index is 0.00512. The molecular weight excluding hydrogens is 311 g/mol. The van der Waals surface area contributed by atoms with Gasteiger partial charge < -0.3 is 9.88 Å². The van der Waals surface area contributed by atoms with Gasteiger partial charge >= 0.3 is 6.18 Å². The van der Waals surface area contributed by atoms with Crippen molar-refractivity contribution in [3.8, 4) is 6.07 Å². The van der Waals surface area contributed by atoms with Gasteiger partial charge in [-0.05, 0) is 24.3 Å². The lowest BCUT2D eigenvalue weighted by Gasteiger charge is -2.08. The molecule has 1 heterocycles. The molecule has 0 aliphatic rings. The molecule has 0 aliphatic carbocycles. The lowest BCUT2D eigenvalue weighted by atomic mass is 10.0. The van der Waals surface area contributed by atoms with Crippen molar-refractivity contribution in [3.63, 3.8) is 0 Å². The van der Waals surface area contributed by atoms with E-state index in [0.29, 0.717) is 5.52 Å². The number of aryl methyl sites for hydroxylation is 1. The first-order chi connectivity index (χ1) is 10.7. The zero-order valence-electron chi connectivity index (χ0n) is 12.2. The van der Waals surface area contributed by atoms with E-state index in [4.69, 9.17) is 5.26 Å². The number of hydrogen-bond donors (Lipinski definition) is 1. The van der Waals surface area contributed by atoms with Crippen molar-refractivity contribution >= 4 is 22.6 Å². The number of alkyl halides is 3. The molecule has 0 bridgehead atoms. The summed E-state index contributed by atoms with van der Waals surface area (Å²) in [5.74, 6) is -3.08. The summed E-state index contributed by atoms with van der Waals surface area (Å²) >= 11 is 0. The molecule has 0 unspecified atom stereocenters. The Morgan fingerprint density at radius 3 is 2.48 bits per heavy atom. The first-order valence-corrected chi connectivity index (χ1v) is 6.52. The minimum atomic E-state index is -4.49. The number of Topliss-reactive ketones (excluding diaryl/α,β-unsaturated/α-hetero) is 1. The summed E-state index contributed by atoms with van der Waals surface area (Å²) in [5, 5.41) is 11.4. The number of nitrogens with zero attached hydrogens (tertiary/aromatic N) is 2. The molecule has 0 spiro atoms. The molecule has 1 N–H and O–H groups in total. The molecule has 0 saturated heterocycles. The van der Waals surface area contributed by atoms with Crippen molar-refractivity contribution in [2.24, 2.45) is 13.0 Å². The van der Waals surface area contributed by atoms with Crippen molar-refractivity contribution in [2.45, 2.75) is 6.18 Å². The molecule has 0 aliphatic heterocycles. The summed E-state index contributed by atoms with van der Waals surface area (Å²) in [5.41, 5.74) is -0.442. The molecule has 120 valence electrons. The molecule has 1 atom stereocenters. The number of ketones is 1. The maximum Gasteiger partial charge on any atom is 0.416 e. The van der Waals surface area contributed by atoms with Crippen LogP contribution in [0.4, 0.5) is 13.2 Å². The highest BCUT2D eigenvalue weighted by atomic mass is 19.4. The maximum atomic E-state index is 12.7. The van der Waals surface area contributed by atoms with Crippen LogP contribution in [0.2, 0.25) is 0 Å². The molecule has 0 fully saturated rings. The van der Waals surface area contributed by atoms with Crippen LogP contribution in [0.5, 0.6) is 0 Å². The molecule has 2 rings (SSSR count). The first-order valence-electron chi connectivity index (χ1n) is 6.52. The van der Waals surface area contributed by atoms with Gasteiger partial charge in [-0.25, -0.2) is 0 Å². The van der Waals surface area contributed by atoms with Crippen molar-refractivity contribution in [3.05, 3.63) is 35.5 Å². The lowest BCUT2D eigenvalue weighted by Crippen LogP contribution is -2.32. The number of nitriles is 1. The predicted molar refractivity (Wildman–Crippen MR) is 75.4 cm³/mol. The Morgan fingerprint density at radius 1 is 1.30 bits per heavy atom. The summed E-state index contributed by atoms with van der Waals surface area (Å²) in [6.45, 7) is 0. The average molecular weight is 323 g/mol. The maximum absolute atomic E-state index is 12.7. The molecule has 0 radical (unpaired) electrons. The van der Waals surface area contributed by atoms with Crippen LogP contribution in [0.3, 0.4) is 0 Å². The number of amides is 1.